The van der Waals surface area contributed by atoms with Gasteiger partial charge in [0.1, 0.15) is 11.6 Å². The van der Waals surface area contributed by atoms with Crippen LogP contribution in [0.4, 0.5) is 17.6 Å². The van der Waals surface area contributed by atoms with Crippen molar-refractivity contribution in [2.24, 2.45) is 7.05 Å². The highest BCUT2D eigenvalue weighted by Gasteiger charge is 2.10. The van der Waals surface area contributed by atoms with Crippen LogP contribution in [-0.4, -0.2) is 29.7 Å². The van der Waals surface area contributed by atoms with Crippen LogP contribution in [-0.2, 0) is 19.2 Å². The number of nitrogens with two attached hydrogens (primary N) is 1. The van der Waals surface area contributed by atoms with Gasteiger partial charge in [0.05, 0.1) is 5.75 Å². The van der Waals surface area contributed by atoms with E-state index < -0.39 is 0 Å². The summed E-state index contributed by atoms with van der Waals surface area (Å²) in [7, 11) is 1.92. The molecule has 3 N–H and O–H groups in total. The number of benzene rings is 1. The smallest absolute Gasteiger partial charge is 0.232 e. The lowest BCUT2D eigenvalue weighted by Gasteiger charge is -2.10. The molecule has 0 radical (unpaired) electrons. The van der Waals surface area contributed by atoms with Crippen molar-refractivity contribution in [1.82, 2.24) is 29.7 Å². The van der Waals surface area contributed by atoms with Crippen molar-refractivity contribution in [2.45, 2.75) is 31.2 Å². The monoisotopic (exact) mass is 356 g/mol. The molecule has 0 saturated carbocycles. The SMILES string of the molecule is CCc1ccccc1Nc1nc(N)nc(CSc2nnc(C)n2C)n1. The maximum absolute atomic E-state index is 5.84. The molecule has 8 nitrogen and oxygen atoms in total. The third-order valence-electron chi connectivity index (χ3n) is 3.73. The van der Waals surface area contributed by atoms with Gasteiger partial charge < -0.3 is 15.6 Å². The number of aryl methyl sites for hydroxylation is 2. The summed E-state index contributed by atoms with van der Waals surface area (Å²) < 4.78 is 1.92. The standard InChI is InChI=1S/C16H20N8S/c1-4-11-7-5-6-8-12(11)18-15-20-13(19-14(17)21-15)9-25-16-23-22-10(2)24(16)3/h5-8H,4,9H2,1-3H3,(H3,17,18,19,20,21). The number of nitrogen functional groups attached to an aromatic ring is 1. The van der Waals surface area contributed by atoms with E-state index >= 15 is 0 Å². The molecule has 3 rings (SSSR count). The van der Waals surface area contributed by atoms with E-state index in [9.17, 15) is 0 Å². The Balaban J connectivity index is 1.77. The summed E-state index contributed by atoms with van der Waals surface area (Å²) in [5.41, 5.74) is 8.00. The van der Waals surface area contributed by atoms with Gasteiger partial charge in [0.25, 0.3) is 0 Å². The van der Waals surface area contributed by atoms with Crippen LogP contribution >= 0.6 is 11.8 Å². The quantitative estimate of drug-likeness (QED) is 0.649. The van der Waals surface area contributed by atoms with Crippen molar-refractivity contribution in [3.63, 3.8) is 0 Å². The second-order valence-electron chi connectivity index (χ2n) is 5.45. The third kappa shape index (κ3) is 4.05. The molecule has 0 amide bonds. The van der Waals surface area contributed by atoms with Crippen LogP contribution in [0, 0.1) is 6.92 Å². The number of anilines is 3. The average Bonchev–Trinajstić information content (AvgIpc) is 2.92. The number of hydrogen-bond donors (Lipinski definition) is 2. The van der Waals surface area contributed by atoms with Gasteiger partial charge in [-0.05, 0) is 25.0 Å². The lowest BCUT2D eigenvalue weighted by molar-refractivity contribution is 0.764. The molecule has 0 unspecified atom stereocenters. The van der Waals surface area contributed by atoms with E-state index in [1.54, 1.807) is 0 Å². The molecular weight excluding hydrogens is 336 g/mol. The van der Waals surface area contributed by atoms with Crippen LogP contribution in [0.25, 0.3) is 0 Å². The van der Waals surface area contributed by atoms with Crippen LogP contribution in [0.3, 0.4) is 0 Å². The molecule has 0 aliphatic rings. The number of rotatable bonds is 6. The number of para-hydroxylation sites is 1. The Hall–Kier alpha value is -2.68. The van der Waals surface area contributed by atoms with E-state index in [-0.39, 0.29) is 5.95 Å². The minimum atomic E-state index is 0.191. The molecule has 0 aliphatic heterocycles. The summed E-state index contributed by atoms with van der Waals surface area (Å²) in [5, 5.41) is 12.2. The van der Waals surface area contributed by atoms with Crippen molar-refractivity contribution in [2.75, 3.05) is 11.1 Å². The van der Waals surface area contributed by atoms with Crippen LogP contribution < -0.4 is 11.1 Å². The van der Waals surface area contributed by atoms with Crippen molar-refractivity contribution < 1.29 is 0 Å². The first-order valence-corrected chi connectivity index (χ1v) is 8.89. The fourth-order valence-corrected chi connectivity index (χ4v) is 3.08. The fraction of sp³-hybridized carbons (Fsp3) is 0.312. The molecule has 0 bridgehead atoms. The molecule has 2 heterocycles. The molecule has 0 aliphatic carbocycles. The summed E-state index contributed by atoms with van der Waals surface area (Å²) in [6.45, 7) is 4.01. The zero-order valence-corrected chi connectivity index (χ0v) is 15.2. The molecule has 0 saturated heterocycles. The van der Waals surface area contributed by atoms with Gasteiger partial charge in [0.15, 0.2) is 5.16 Å². The zero-order chi connectivity index (χ0) is 17.8. The molecule has 1 aromatic carbocycles. The van der Waals surface area contributed by atoms with Gasteiger partial charge in [-0.15, -0.1) is 10.2 Å². The van der Waals surface area contributed by atoms with Crippen molar-refractivity contribution in [3.8, 4) is 0 Å². The Morgan fingerprint density at radius 1 is 1.16 bits per heavy atom. The summed E-state index contributed by atoms with van der Waals surface area (Å²) in [6.07, 6.45) is 0.915. The topological polar surface area (TPSA) is 107 Å². The van der Waals surface area contributed by atoms with E-state index in [0.29, 0.717) is 17.5 Å². The Bertz CT molecular complexity index is 876. The summed E-state index contributed by atoms with van der Waals surface area (Å²) >= 11 is 1.51. The fourth-order valence-electron chi connectivity index (χ4n) is 2.27. The molecule has 9 heteroatoms. The highest BCUT2D eigenvalue weighted by molar-refractivity contribution is 7.98. The maximum atomic E-state index is 5.84. The average molecular weight is 356 g/mol. The highest BCUT2D eigenvalue weighted by atomic mass is 32.2. The molecule has 0 fully saturated rings. The van der Waals surface area contributed by atoms with Crippen LogP contribution in [0.1, 0.15) is 24.1 Å². The number of nitrogens with one attached hydrogen (secondary N) is 1. The first-order chi connectivity index (χ1) is 12.1. The maximum Gasteiger partial charge on any atom is 0.232 e. The number of hydrogen-bond acceptors (Lipinski definition) is 8. The first-order valence-electron chi connectivity index (χ1n) is 7.91. The number of aromatic nitrogens is 6. The van der Waals surface area contributed by atoms with E-state index in [4.69, 9.17) is 5.73 Å². The van der Waals surface area contributed by atoms with E-state index in [2.05, 4.69) is 43.5 Å². The van der Waals surface area contributed by atoms with Crippen LogP contribution in [0.5, 0.6) is 0 Å². The van der Waals surface area contributed by atoms with Crippen molar-refractivity contribution in [3.05, 3.63) is 41.5 Å². The molecule has 3 aromatic rings. The van der Waals surface area contributed by atoms with Gasteiger partial charge in [0.2, 0.25) is 11.9 Å². The summed E-state index contributed by atoms with van der Waals surface area (Å²) in [6, 6.07) is 8.05. The van der Waals surface area contributed by atoms with E-state index in [1.807, 2.05) is 36.7 Å². The molecule has 25 heavy (non-hydrogen) atoms. The highest BCUT2D eigenvalue weighted by Crippen LogP contribution is 2.22. The normalized spacial score (nSPS) is 10.8. The lowest BCUT2D eigenvalue weighted by atomic mass is 10.1. The van der Waals surface area contributed by atoms with Gasteiger partial charge in [-0.25, -0.2) is 0 Å². The second-order valence-corrected chi connectivity index (χ2v) is 6.39. The molecular formula is C16H20N8S. The minimum absolute atomic E-state index is 0.191. The van der Waals surface area contributed by atoms with Gasteiger partial charge >= 0.3 is 0 Å². The Morgan fingerprint density at radius 3 is 2.68 bits per heavy atom. The molecule has 130 valence electrons. The lowest BCUT2D eigenvalue weighted by Crippen LogP contribution is -2.07. The minimum Gasteiger partial charge on any atom is -0.368 e. The van der Waals surface area contributed by atoms with Crippen LogP contribution in [0.15, 0.2) is 29.4 Å². The third-order valence-corrected chi connectivity index (χ3v) is 4.74. The van der Waals surface area contributed by atoms with E-state index in [0.717, 1.165) is 23.1 Å². The second kappa shape index (κ2) is 7.47. The van der Waals surface area contributed by atoms with Gasteiger partial charge in [-0.3, -0.25) is 0 Å². The Morgan fingerprint density at radius 2 is 1.96 bits per heavy atom. The molecule has 2 aromatic heterocycles. The summed E-state index contributed by atoms with van der Waals surface area (Å²) in [5.74, 6) is 2.61. The zero-order valence-electron chi connectivity index (χ0n) is 14.4. The van der Waals surface area contributed by atoms with Gasteiger partial charge in [-0.2, -0.15) is 15.0 Å². The van der Waals surface area contributed by atoms with Crippen molar-refractivity contribution in [1.29, 1.82) is 0 Å². The van der Waals surface area contributed by atoms with Crippen molar-refractivity contribution >= 4 is 29.3 Å². The predicted molar refractivity (Wildman–Crippen MR) is 98.6 cm³/mol. The first kappa shape index (κ1) is 17.2. The largest absolute Gasteiger partial charge is 0.368 e. The number of nitrogens with zero attached hydrogens (tertiary/aromatic N) is 6. The number of thioether (sulfide) groups is 1. The van der Waals surface area contributed by atoms with Gasteiger partial charge in [-0.1, -0.05) is 36.9 Å². The molecule has 0 atom stereocenters. The summed E-state index contributed by atoms with van der Waals surface area (Å²) in [4.78, 5) is 12.9. The van der Waals surface area contributed by atoms with E-state index in [1.165, 1.54) is 17.3 Å². The molecule has 0 spiro atoms. The predicted octanol–water partition coefficient (Wildman–Crippen LogP) is 2.49. The van der Waals surface area contributed by atoms with Crippen LogP contribution in [0.2, 0.25) is 0 Å². The van der Waals surface area contributed by atoms with Gasteiger partial charge in [0, 0.05) is 12.7 Å². The Labute approximate surface area is 150 Å². The Kier molecular flexibility index (Phi) is 5.13.